The molecule has 28 heavy (non-hydrogen) atoms. The van der Waals surface area contributed by atoms with Crippen LogP contribution >= 0.6 is 11.8 Å². The largest absolute Gasteiger partial charge is 0.550 e. The summed E-state index contributed by atoms with van der Waals surface area (Å²) < 4.78 is 5.79. The second-order valence-electron chi connectivity index (χ2n) is 6.11. The highest BCUT2D eigenvalue weighted by atomic mass is 32.2. The van der Waals surface area contributed by atoms with Crippen molar-refractivity contribution in [2.75, 3.05) is 0 Å². The van der Waals surface area contributed by atoms with Crippen LogP contribution < -0.4 is 15.2 Å². The summed E-state index contributed by atoms with van der Waals surface area (Å²) in [6.45, 7) is 2.54. The van der Waals surface area contributed by atoms with Crippen molar-refractivity contribution in [2.24, 2.45) is 10.2 Å². The van der Waals surface area contributed by atoms with Crippen molar-refractivity contribution in [1.82, 2.24) is 5.32 Å². The maximum Gasteiger partial charge on any atom is 0.239 e. The number of carboxylic acid groups (broad SMARTS) is 1. The summed E-state index contributed by atoms with van der Waals surface area (Å²) in [5.41, 5.74) is 3.13. The van der Waals surface area contributed by atoms with Gasteiger partial charge in [-0.1, -0.05) is 36.0 Å². The average molecular weight is 396 g/mol. The number of amides is 1. The highest BCUT2D eigenvalue weighted by Gasteiger charge is 2.30. The van der Waals surface area contributed by atoms with Gasteiger partial charge in [0.05, 0.1) is 11.5 Å². The number of benzene rings is 2. The van der Waals surface area contributed by atoms with Crippen LogP contribution in [0.15, 0.2) is 58.7 Å². The molecule has 0 saturated carbocycles. The van der Waals surface area contributed by atoms with E-state index in [-0.39, 0.29) is 11.6 Å². The Kier molecular flexibility index (Phi) is 6.44. The number of hydrogen-bond donors (Lipinski definition) is 1. The van der Waals surface area contributed by atoms with Gasteiger partial charge in [-0.05, 0) is 47.9 Å². The van der Waals surface area contributed by atoms with Gasteiger partial charge in [-0.15, -0.1) is 5.10 Å². The zero-order valence-electron chi connectivity index (χ0n) is 15.1. The maximum atomic E-state index is 11.6. The number of amidine groups is 1. The number of nitrogens with zero attached hydrogens (tertiary/aromatic N) is 2. The van der Waals surface area contributed by atoms with Crippen molar-refractivity contribution in [2.45, 2.75) is 25.2 Å². The lowest BCUT2D eigenvalue weighted by Gasteiger charge is -2.08. The fourth-order valence-electron chi connectivity index (χ4n) is 2.47. The van der Waals surface area contributed by atoms with Crippen molar-refractivity contribution in [3.05, 3.63) is 65.2 Å². The van der Waals surface area contributed by atoms with Crippen molar-refractivity contribution in [1.29, 1.82) is 0 Å². The van der Waals surface area contributed by atoms with Crippen LogP contribution in [0.1, 0.15) is 23.1 Å². The molecule has 0 radical (unpaired) electrons. The smallest absolute Gasteiger partial charge is 0.239 e. The number of carbonyl (C=O) groups is 2. The Balaban J connectivity index is 1.53. The monoisotopic (exact) mass is 396 g/mol. The van der Waals surface area contributed by atoms with Crippen molar-refractivity contribution >= 4 is 35.0 Å². The number of ether oxygens (including phenoxy) is 1. The molecule has 3 rings (SSSR count). The molecule has 1 aliphatic rings. The Labute approximate surface area is 166 Å². The standard InChI is InChI=1S/C20H19N3O4S/c1-13-4-2-3-5-15(13)12-27-16-8-6-14(7-9-16)11-21-23-20-22-19(26)17(28-20)10-18(24)25/h2-9,11,17H,10,12H2,1H3,(H,24,25)(H,22,23,26)/p-1/b21-11-/t17-/m1/s1. The lowest BCUT2D eigenvalue weighted by Crippen LogP contribution is -2.31. The first kappa shape index (κ1) is 19.6. The normalized spacial score (nSPS) is 17.8. The molecular weight excluding hydrogens is 378 g/mol. The molecular formula is C20H18N3O4S-. The second-order valence-corrected chi connectivity index (χ2v) is 7.30. The molecule has 7 nitrogen and oxygen atoms in total. The minimum absolute atomic E-state index is 0.269. The van der Waals surface area contributed by atoms with Crippen LogP contribution in [-0.4, -0.2) is 28.5 Å². The summed E-state index contributed by atoms with van der Waals surface area (Å²) in [5.74, 6) is -0.934. The zero-order chi connectivity index (χ0) is 19.9. The average Bonchev–Trinajstić information content (AvgIpc) is 3.01. The number of hydrogen-bond acceptors (Lipinski definition) is 7. The summed E-state index contributed by atoms with van der Waals surface area (Å²) in [6.07, 6.45) is 1.18. The van der Waals surface area contributed by atoms with Crippen LogP contribution in [0.3, 0.4) is 0 Å². The molecule has 144 valence electrons. The van der Waals surface area contributed by atoms with E-state index < -0.39 is 17.1 Å². The predicted molar refractivity (Wildman–Crippen MR) is 106 cm³/mol. The van der Waals surface area contributed by atoms with E-state index in [9.17, 15) is 14.7 Å². The molecule has 1 saturated heterocycles. The fourth-order valence-corrected chi connectivity index (χ4v) is 3.38. The van der Waals surface area contributed by atoms with Gasteiger partial charge in [-0.2, -0.15) is 5.10 Å². The third-order valence-electron chi connectivity index (χ3n) is 4.02. The van der Waals surface area contributed by atoms with Gasteiger partial charge in [0.1, 0.15) is 12.4 Å². The van der Waals surface area contributed by atoms with E-state index in [4.69, 9.17) is 4.74 Å². The van der Waals surface area contributed by atoms with E-state index in [0.717, 1.165) is 28.6 Å². The first-order chi connectivity index (χ1) is 13.5. The number of nitrogens with one attached hydrogen (secondary N) is 1. The lowest BCUT2D eigenvalue weighted by atomic mass is 10.1. The van der Waals surface area contributed by atoms with Gasteiger partial charge in [0.25, 0.3) is 0 Å². The van der Waals surface area contributed by atoms with Gasteiger partial charge in [-0.3, -0.25) is 4.79 Å². The predicted octanol–water partition coefficient (Wildman–Crippen LogP) is 1.64. The summed E-state index contributed by atoms with van der Waals surface area (Å²) in [5, 5.41) is 20.5. The highest BCUT2D eigenvalue weighted by Crippen LogP contribution is 2.22. The number of aryl methyl sites for hydroxylation is 1. The lowest BCUT2D eigenvalue weighted by molar-refractivity contribution is -0.305. The van der Waals surface area contributed by atoms with Crippen LogP contribution in [0.4, 0.5) is 0 Å². The van der Waals surface area contributed by atoms with Crippen molar-refractivity contribution in [3.63, 3.8) is 0 Å². The fraction of sp³-hybridized carbons (Fsp3) is 0.200. The molecule has 1 N–H and O–H groups in total. The molecule has 2 aromatic rings. The van der Waals surface area contributed by atoms with Crippen LogP contribution in [0.2, 0.25) is 0 Å². The van der Waals surface area contributed by atoms with Gasteiger partial charge in [0.2, 0.25) is 5.91 Å². The Morgan fingerprint density at radius 3 is 2.71 bits per heavy atom. The van der Waals surface area contributed by atoms with Crippen molar-refractivity contribution < 1.29 is 19.4 Å². The van der Waals surface area contributed by atoms with E-state index in [1.54, 1.807) is 0 Å². The van der Waals surface area contributed by atoms with Crippen molar-refractivity contribution in [3.8, 4) is 5.75 Å². The van der Waals surface area contributed by atoms with Crippen LogP contribution in [0.25, 0.3) is 0 Å². The van der Waals surface area contributed by atoms with E-state index in [0.29, 0.717) is 6.61 Å². The zero-order valence-corrected chi connectivity index (χ0v) is 15.9. The van der Waals surface area contributed by atoms with E-state index in [2.05, 4.69) is 15.5 Å². The van der Waals surface area contributed by atoms with Gasteiger partial charge in [-0.25, -0.2) is 0 Å². The van der Waals surface area contributed by atoms with Gasteiger partial charge in [0, 0.05) is 12.4 Å². The molecule has 1 heterocycles. The Bertz CT molecular complexity index is 925. The van der Waals surface area contributed by atoms with Gasteiger partial charge < -0.3 is 20.0 Å². The van der Waals surface area contributed by atoms with Crippen LogP contribution in [0, 0.1) is 6.92 Å². The quantitative estimate of drug-likeness (QED) is 0.566. The Morgan fingerprint density at radius 2 is 2.00 bits per heavy atom. The molecule has 1 atom stereocenters. The first-order valence-corrected chi connectivity index (χ1v) is 9.45. The van der Waals surface area contributed by atoms with Crippen LogP contribution in [-0.2, 0) is 16.2 Å². The third-order valence-corrected chi connectivity index (χ3v) is 5.09. The Morgan fingerprint density at radius 1 is 1.25 bits per heavy atom. The Hall–Kier alpha value is -3.13. The molecule has 2 aromatic carbocycles. The summed E-state index contributed by atoms with van der Waals surface area (Å²) >= 11 is 1.03. The SMILES string of the molecule is Cc1ccccc1COc1ccc(/C=N\N=C2\NC(=O)[C@@H](CC(=O)[O-])S2)cc1. The summed E-state index contributed by atoms with van der Waals surface area (Å²) in [4.78, 5) is 22.2. The third kappa shape index (κ3) is 5.43. The number of thioether (sulfide) groups is 1. The second kappa shape index (κ2) is 9.18. The summed E-state index contributed by atoms with van der Waals surface area (Å²) in [6, 6.07) is 15.4. The molecule has 1 aliphatic heterocycles. The van der Waals surface area contributed by atoms with Gasteiger partial charge >= 0.3 is 0 Å². The van der Waals surface area contributed by atoms with Gasteiger partial charge in [0.15, 0.2) is 5.17 Å². The number of carbonyl (C=O) groups excluding carboxylic acids is 2. The molecule has 1 amide bonds. The van der Waals surface area contributed by atoms with E-state index in [1.165, 1.54) is 11.8 Å². The molecule has 0 spiro atoms. The minimum Gasteiger partial charge on any atom is -0.550 e. The molecule has 8 heteroatoms. The molecule has 0 unspecified atom stereocenters. The topological polar surface area (TPSA) is 103 Å². The summed E-state index contributed by atoms with van der Waals surface area (Å²) in [7, 11) is 0. The van der Waals surface area contributed by atoms with E-state index >= 15 is 0 Å². The molecule has 1 fully saturated rings. The molecule has 0 bridgehead atoms. The maximum absolute atomic E-state index is 11.6. The molecule has 0 aromatic heterocycles. The molecule has 0 aliphatic carbocycles. The highest BCUT2D eigenvalue weighted by molar-refractivity contribution is 8.15. The number of aliphatic carboxylic acids is 1. The number of carboxylic acids is 1. The minimum atomic E-state index is -1.28. The number of rotatable bonds is 7. The first-order valence-electron chi connectivity index (χ1n) is 8.57. The van der Waals surface area contributed by atoms with Crippen LogP contribution in [0.5, 0.6) is 5.75 Å². The van der Waals surface area contributed by atoms with E-state index in [1.807, 2.05) is 55.5 Å².